The van der Waals surface area contributed by atoms with E-state index in [9.17, 15) is 14.4 Å². The molecule has 2 N–H and O–H groups in total. The van der Waals surface area contributed by atoms with Gasteiger partial charge in [-0.25, -0.2) is 19.0 Å². The van der Waals surface area contributed by atoms with Crippen molar-refractivity contribution in [3.05, 3.63) is 59.8 Å². The van der Waals surface area contributed by atoms with Gasteiger partial charge in [0.25, 0.3) is 0 Å². The minimum Gasteiger partial charge on any atom is -0.258 e. The fraction of sp³-hybridized carbons (Fsp3) is 0.400. The van der Waals surface area contributed by atoms with E-state index in [4.69, 9.17) is 0 Å². The van der Waals surface area contributed by atoms with E-state index >= 15 is 0 Å². The molecule has 0 fully saturated rings. The molecule has 2 aliphatic rings. The Balaban J connectivity index is 2.13. The van der Waals surface area contributed by atoms with Gasteiger partial charge in [0.2, 0.25) is 0 Å². The van der Waals surface area contributed by atoms with E-state index in [2.05, 4.69) is 16.0 Å². The van der Waals surface area contributed by atoms with E-state index < -0.39 is 17.1 Å². The van der Waals surface area contributed by atoms with Crippen molar-refractivity contribution < 1.29 is 0 Å². The van der Waals surface area contributed by atoms with Gasteiger partial charge in [-0.15, -0.1) is 0 Å². The molecule has 1 heterocycles. The van der Waals surface area contributed by atoms with Crippen LogP contribution in [0, 0.1) is 0 Å². The SMILES string of the molecule is O=c1[nH]c(=O)n(-c2c3c(cc4c2CCC4)CCC3)c(=O)[nH]1. The number of aryl methyl sites for hydroxylation is 2. The van der Waals surface area contributed by atoms with Crippen molar-refractivity contribution in [2.75, 3.05) is 0 Å². The monoisotopic (exact) mass is 285 g/mol. The summed E-state index contributed by atoms with van der Waals surface area (Å²) in [5, 5.41) is 0. The van der Waals surface area contributed by atoms with Gasteiger partial charge in [-0.1, -0.05) is 6.07 Å². The summed E-state index contributed by atoms with van der Waals surface area (Å²) in [6.07, 6.45) is 5.83. The molecule has 0 saturated carbocycles. The highest BCUT2D eigenvalue weighted by Gasteiger charge is 2.26. The number of H-pyrrole nitrogens is 2. The Labute approximate surface area is 119 Å². The quantitative estimate of drug-likeness (QED) is 0.784. The first kappa shape index (κ1) is 12.4. The van der Waals surface area contributed by atoms with Gasteiger partial charge < -0.3 is 0 Å². The highest BCUT2D eigenvalue weighted by atomic mass is 16.2. The van der Waals surface area contributed by atoms with Gasteiger partial charge in [0.1, 0.15) is 0 Å². The Morgan fingerprint density at radius 2 is 1.33 bits per heavy atom. The van der Waals surface area contributed by atoms with Gasteiger partial charge in [-0.05, 0) is 60.8 Å². The first-order chi connectivity index (χ1) is 10.1. The lowest BCUT2D eigenvalue weighted by Gasteiger charge is -2.15. The van der Waals surface area contributed by atoms with Crippen LogP contribution in [0.5, 0.6) is 0 Å². The topological polar surface area (TPSA) is 87.7 Å². The Kier molecular flexibility index (Phi) is 2.54. The maximum atomic E-state index is 12.1. The fourth-order valence-corrected chi connectivity index (χ4v) is 3.69. The summed E-state index contributed by atoms with van der Waals surface area (Å²) in [5.41, 5.74) is 3.32. The van der Waals surface area contributed by atoms with Crippen molar-refractivity contribution in [3.8, 4) is 5.69 Å². The molecule has 6 nitrogen and oxygen atoms in total. The van der Waals surface area contributed by atoms with E-state index in [0.717, 1.165) is 59.9 Å². The number of aromatic nitrogens is 3. The van der Waals surface area contributed by atoms with Crippen LogP contribution in [0.1, 0.15) is 35.1 Å². The van der Waals surface area contributed by atoms with Gasteiger partial charge in [0.15, 0.2) is 0 Å². The molecule has 0 atom stereocenters. The van der Waals surface area contributed by atoms with Crippen molar-refractivity contribution >= 4 is 0 Å². The smallest absolute Gasteiger partial charge is 0.258 e. The van der Waals surface area contributed by atoms with Crippen LogP contribution in [0.15, 0.2) is 20.4 Å². The van der Waals surface area contributed by atoms with E-state index in [1.807, 2.05) is 0 Å². The molecular formula is C15H15N3O3. The van der Waals surface area contributed by atoms with Crippen molar-refractivity contribution in [2.45, 2.75) is 38.5 Å². The first-order valence-corrected chi connectivity index (χ1v) is 7.27. The molecule has 0 bridgehead atoms. The molecule has 6 heteroatoms. The molecule has 0 amide bonds. The van der Waals surface area contributed by atoms with Crippen molar-refractivity contribution in [1.29, 1.82) is 0 Å². The van der Waals surface area contributed by atoms with Crippen LogP contribution in [0.25, 0.3) is 5.69 Å². The number of hydrogen-bond donors (Lipinski definition) is 2. The molecule has 1 aromatic carbocycles. The fourth-order valence-electron chi connectivity index (χ4n) is 3.69. The summed E-state index contributed by atoms with van der Waals surface area (Å²) in [5.74, 6) is 0. The Morgan fingerprint density at radius 3 is 1.86 bits per heavy atom. The summed E-state index contributed by atoms with van der Waals surface area (Å²) in [7, 11) is 0. The summed E-state index contributed by atoms with van der Waals surface area (Å²) < 4.78 is 1.11. The van der Waals surface area contributed by atoms with E-state index in [-0.39, 0.29) is 0 Å². The van der Waals surface area contributed by atoms with Crippen molar-refractivity contribution in [3.63, 3.8) is 0 Å². The van der Waals surface area contributed by atoms with E-state index in [1.165, 1.54) is 11.1 Å². The number of nitrogens with zero attached hydrogens (tertiary/aromatic N) is 1. The third-order valence-corrected chi connectivity index (χ3v) is 4.51. The second-order valence-electron chi connectivity index (χ2n) is 5.73. The second kappa shape index (κ2) is 4.31. The summed E-state index contributed by atoms with van der Waals surface area (Å²) >= 11 is 0. The Morgan fingerprint density at radius 1 is 0.810 bits per heavy atom. The predicted octanol–water partition coefficient (Wildman–Crippen LogP) is 0.192. The minimum absolute atomic E-state index is 0.654. The molecule has 2 aromatic rings. The molecule has 4 rings (SSSR count). The molecule has 108 valence electrons. The zero-order chi connectivity index (χ0) is 14.6. The number of fused-ring (bicyclic) bond motifs is 2. The van der Waals surface area contributed by atoms with Crippen LogP contribution < -0.4 is 17.1 Å². The van der Waals surface area contributed by atoms with Crippen molar-refractivity contribution in [2.24, 2.45) is 0 Å². The zero-order valence-electron chi connectivity index (χ0n) is 11.5. The predicted molar refractivity (Wildman–Crippen MR) is 77.3 cm³/mol. The number of benzene rings is 1. The molecule has 1 aromatic heterocycles. The van der Waals surface area contributed by atoms with Gasteiger partial charge >= 0.3 is 17.1 Å². The van der Waals surface area contributed by atoms with Crippen LogP contribution in [-0.4, -0.2) is 14.5 Å². The lowest BCUT2D eigenvalue weighted by atomic mass is 9.98. The highest BCUT2D eigenvalue weighted by molar-refractivity contribution is 5.58. The third-order valence-electron chi connectivity index (χ3n) is 4.51. The lowest BCUT2D eigenvalue weighted by molar-refractivity contribution is 0.768. The number of hydrogen-bond acceptors (Lipinski definition) is 3. The first-order valence-electron chi connectivity index (χ1n) is 7.27. The zero-order valence-corrected chi connectivity index (χ0v) is 11.5. The van der Waals surface area contributed by atoms with E-state index in [0.29, 0.717) is 0 Å². The standard InChI is InChI=1S/C15H15N3O3/c19-13-16-14(20)18(15(21)17-13)12-10-5-1-3-8(10)7-9-4-2-6-11(9)12/h7H,1-6H2,(H2,16,17,19,20,21). The molecule has 0 saturated heterocycles. The normalized spacial score (nSPS) is 16.0. The van der Waals surface area contributed by atoms with Gasteiger partial charge in [0.05, 0.1) is 5.69 Å². The summed E-state index contributed by atoms with van der Waals surface area (Å²) in [4.78, 5) is 39.8. The maximum Gasteiger partial charge on any atom is 0.338 e. The van der Waals surface area contributed by atoms with Crippen molar-refractivity contribution in [1.82, 2.24) is 14.5 Å². The average Bonchev–Trinajstić information content (AvgIpc) is 3.04. The van der Waals surface area contributed by atoms with Crippen LogP contribution in [-0.2, 0) is 25.7 Å². The number of aromatic amines is 2. The van der Waals surface area contributed by atoms with Crippen LogP contribution >= 0.6 is 0 Å². The van der Waals surface area contributed by atoms with E-state index in [1.54, 1.807) is 0 Å². The molecule has 21 heavy (non-hydrogen) atoms. The number of nitrogens with one attached hydrogen (secondary N) is 2. The maximum absolute atomic E-state index is 12.1. The largest absolute Gasteiger partial charge is 0.338 e. The van der Waals surface area contributed by atoms with Gasteiger partial charge in [-0.3, -0.25) is 9.97 Å². The van der Waals surface area contributed by atoms with Crippen LogP contribution in [0.3, 0.4) is 0 Å². The second-order valence-corrected chi connectivity index (χ2v) is 5.73. The third kappa shape index (κ3) is 1.75. The van der Waals surface area contributed by atoms with Crippen LogP contribution in [0.4, 0.5) is 0 Å². The molecule has 0 spiro atoms. The molecule has 0 aliphatic heterocycles. The lowest BCUT2D eigenvalue weighted by Crippen LogP contribution is -2.43. The van der Waals surface area contributed by atoms with Gasteiger partial charge in [0, 0.05) is 0 Å². The molecule has 0 unspecified atom stereocenters. The summed E-state index contributed by atoms with van der Waals surface area (Å²) in [6.45, 7) is 0. The highest BCUT2D eigenvalue weighted by Crippen LogP contribution is 2.36. The molecular weight excluding hydrogens is 270 g/mol. The molecule has 2 aliphatic carbocycles. The van der Waals surface area contributed by atoms with Crippen LogP contribution in [0.2, 0.25) is 0 Å². The Hall–Kier alpha value is -2.37. The summed E-state index contributed by atoms with van der Waals surface area (Å²) in [6, 6.07) is 2.24. The molecule has 0 radical (unpaired) electrons. The number of rotatable bonds is 1. The Bertz CT molecular complexity index is 851. The van der Waals surface area contributed by atoms with Gasteiger partial charge in [-0.2, -0.15) is 0 Å². The minimum atomic E-state index is -0.759. The average molecular weight is 285 g/mol.